The van der Waals surface area contributed by atoms with Gasteiger partial charge in [-0.15, -0.1) is 0 Å². The van der Waals surface area contributed by atoms with Crippen LogP contribution in [-0.2, 0) is 11.2 Å². The first-order valence-corrected chi connectivity index (χ1v) is 6.36. The molecule has 106 valence electrons. The molecule has 0 saturated carbocycles. The monoisotopic (exact) mass is 268 g/mol. The zero-order valence-electron chi connectivity index (χ0n) is 11.5. The van der Waals surface area contributed by atoms with Crippen molar-refractivity contribution < 1.29 is 13.9 Å². The van der Waals surface area contributed by atoms with Crippen molar-refractivity contribution in [2.45, 2.75) is 19.3 Å². The Kier molecular flexibility index (Phi) is 6.29. The van der Waals surface area contributed by atoms with Crippen LogP contribution >= 0.6 is 0 Å². The van der Waals surface area contributed by atoms with Crippen LogP contribution in [0.25, 0.3) is 0 Å². The number of hydrogen-bond donors (Lipinski definition) is 1. The summed E-state index contributed by atoms with van der Waals surface area (Å²) in [5.74, 6) is -0.120. The van der Waals surface area contributed by atoms with Crippen LogP contribution in [0.4, 0.5) is 4.39 Å². The van der Waals surface area contributed by atoms with Gasteiger partial charge in [0.05, 0.1) is 6.61 Å². The number of ether oxygens (including phenoxy) is 1. The van der Waals surface area contributed by atoms with Crippen molar-refractivity contribution in [1.29, 1.82) is 0 Å². The van der Waals surface area contributed by atoms with E-state index in [0.717, 1.165) is 5.56 Å². The molecule has 0 aliphatic rings. The molecule has 0 aromatic heterocycles. The van der Waals surface area contributed by atoms with Crippen molar-refractivity contribution >= 4 is 5.91 Å². The van der Waals surface area contributed by atoms with Gasteiger partial charge in [-0.05, 0) is 37.1 Å². The second-order valence-corrected chi connectivity index (χ2v) is 4.54. The Hall–Kier alpha value is -1.62. The zero-order chi connectivity index (χ0) is 14.3. The Labute approximate surface area is 113 Å². The van der Waals surface area contributed by atoms with E-state index in [1.165, 1.54) is 11.0 Å². The van der Waals surface area contributed by atoms with E-state index < -0.39 is 0 Å². The van der Waals surface area contributed by atoms with Gasteiger partial charge in [-0.1, -0.05) is 6.07 Å². The maximum atomic E-state index is 13.6. The third-order valence-corrected chi connectivity index (χ3v) is 2.72. The van der Waals surface area contributed by atoms with Crippen LogP contribution in [-0.4, -0.2) is 38.1 Å². The largest absolute Gasteiger partial charge is 0.491 e. The van der Waals surface area contributed by atoms with E-state index in [0.29, 0.717) is 32.4 Å². The van der Waals surface area contributed by atoms with Gasteiger partial charge in [0.1, 0.15) is 0 Å². The van der Waals surface area contributed by atoms with E-state index in [9.17, 15) is 9.18 Å². The number of hydrogen-bond acceptors (Lipinski definition) is 3. The lowest BCUT2D eigenvalue weighted by Gasteiger charge is -2.11. The van der Waals surface area contributed by atoms with Crippen molar-refractivity contribution in [3.05, 3.63) is 29.6 Å². The fraction of sp³-hybridized carbons (Fsp3) is 0.500. The van der Waals surface area contributed by atoms with Crippen LogP contribution < -0.4 is 10.5 Å². The number of carbonyl (C=O) groups excluding carboxylic acids is 1. The first-order chi connectivity index (χ1) is 9.04. The highest BCUT2D eigenvalue weighted by molar-refractivity contribution is 5.75. The molecule has 0 saturated heterocycles. The summed E-state index contributed by atoms with van der Waals surface area (Å²) in [5, 5.41) is 0. The summed E-state index contributed by atoms with van der Waals surface area (Å²) in [4.78, 5) is 12.9. The lowest BCUT2D eigenvalue weighted by molar-refractivity contribution is -0.128. The molecule has 0 heterocycles. The SMILES string of the molecule is CN(C)C(=O)CCCOc1ccc(CCN)cc1F. The lowest BCUT2D eigenvalue weighted by Crippen LogP contribution is -2.21. The van der Waals surface area contributed by atoms with Gasteiger partial charge < -0.3 is 15.4 Å². The standard InChI is InChI=1S/C14H21FN2O2/c1-17(2)14(18)4-3-9-19-13-6-5-11(7-8-16)10-12(13)15/h5-6,10H,3-4,7-9,16H2,1-2H3. The Morgan fingerprint density at radius 1 is 1.42 bits per heavy atom. The highest BCUT2D eigenvalue weighted by Crippen LogP contribution is 2.18. The van der Waals surface area contributed by atoms with Crippen LogP contribution in [0, 0.1) is 5.82 Å². The van der Waals surface area contributed by atoms with E-state index >= 15 is 0 Å². The van der Waals surface area contributed by atoms with Crippen molar-refractivity contribution in [3.63, 3.8) is 0 Å². The topological polar surface area (TPSA) is 55.6 Å². The highest BCUT2D eigenvalue weighted by Gasteiger charge is 2.06. The highest BCUT2D eigenvalue weighted by atomic mass is 19.1. The molecule has 5 heteroatoms. The molecule has 0 unspecified atom stereocenters. The van der Waals surface area contributed by atoms with Crippen LogP contribution in [0.2, 0.25) is 0 Å². The average Bonchev–Trinajstić information content (AvgIpc) is 2.36. The molecule has 1 amide bonds. The number of halogens is 1. The minimum Gasteiger partial charge on any atom is -0.491 e. The van der Waals surface area contributed by atoms with Crippen molar-refractivity contribution in [2.24, 2.45) is 5.73 Å². The summed E-state index contributed by atoms with van der Waals surface area (Å²) < 4.78 is 19.0. The van der Waals surface area contributed by atoms with Crippen LogP contribution in [0.15, 0.2) is 18.2 Å². The molecule has 0 aliphatic heterocycles. The van der Waals surface area contributed by atoms with Gasteiger partial charge in [0, 0.05) is 20.5 Å². The number of amides is 1. The van der Waals surface area contributed by atoms with E-state index in [4.69, 9.17) is 10.5 Å². The molecule has 0 bridgehead atoms. The average molecular weight is 268 g/mol. The van der Waals surface area contributed by atoms with Crippen LogP contribution in [0.5, 0.6) is 5.75 Å². The van der Waals surface area contributed by atoms with Gasteiger partial charge in [0.15, 0.2) is 11.6 Å². The van der Waals surface area contributed by atoms with Gasteiger partial charge in [0.2, 0.25) is 5.91 Å². The fourth-order valence-electron chi connectivity index (χ4n) is 1.61. The number of benzene rings is 1. The van der Waals surface area contributed by atoms with Crippen molar-refractivity contribution in [3.8, 4) is 5.75 Å². The molecule has 19 heavy (non-hydrogen) atoms. The molecule has 1 aromatic carbocycles. The van der Waals surface area contributed by atoms with Gasteiger partial charge >= 0.3 is 0 Å². The van der Waals surface area contributed by atoms with Gasteiger partial charge in [-0.25, -0.2) is 4.39 Å². The van der Waals surface area contributed by atoms with E-state index in [-0.39, 0.29) is 17.5 Å². The summed E-state index contributed by atoms with van der Waals surface area (Å²) in [6, 6.07) is 4.84. The summed E-state index contributed by atoms with van der Waals surface area (Å²) in [7, 11) is 3.41. The molecule has 4 nitrogen and oxygen atoms in total. The Balaban J connectivity index is 2.39. The van der Waals surface area contributed by atoms with E-state index in [2.05, 4.69) is 0 Å². The molecular formula is C14H21FN2O2. The second-order valence-electron chi connectivity index (χ2n) is 4.54. The molecule has 0 aliphatic carbocycles. The smallest absolute Gasteiger partial charge is 0.222 e. The normalized spacial score (nSPS) is 10.3. The quantitative estimate of drug-likeness (QED) is 0.764. The lowest BCUT2D eigenvalue weighted by atomic mass is 10.1. The van der Waals surface area contributed by atoms with E-state index in [1.807, 2.05) is 0 Å². The third-order valence-electron chi connectivity index (χ3n) is 2.72. The predicted octanol–water partition coefficient (Wildman–Crippen LogP) is 1.57. The number of carbonyl (C=O) groups is 1. The molecule has 0 fully saturated rings. The molecule has 0 atom stereocenters. The van der Waals surface area contributed by atoms with Crippen molar-refractivity contribution in [1.82, 2.24) is 4.90 Å². The Morgan fingerprint density at radius 3 is 2.74 bits per heavy atom. The van der Waals surface area contributed by atoms with Gasteiger partial charge in [0.25, 0.3) is 0 Å². The summed E-state index contributed by atoms with van der Waals surface area (Å²) in [6.07, 6.45) is 1.62. The first-order valence-electron chi connectivity index (χ1n) is 6.36. The summed E-state index contributed by atoms with van der Waals surface area (Å²) >= 11 is 0. The van der Waals surface area contributed by atoms with Gasteiger partial charge in [-0.3, -0.25) is 4.79 Å². The molecular weight excluding hydrogens is 247 g/mol. The van der Waals surface area contributed by atoms with Crippen molar-refractivity contribution in [2.75, 3.05) is 27.2 Å². The molecule has 2 N–H and O–H groups in total. The maximum Gasteiger partial charge on any atom is 0.222 e. The summed E-state index contributed by atoms with van der Waals surface area (Å²) in [5.41, 5.74) is 6.27. The third kappa shape index (κ3) is 5.26. The molecule has 0 radical (unpaired) electrons. The summed E-state index contributed by atoms with van der Waals surface area (Å²) in [6.45, 7) is 0.818. The number of rotatable bonds is 7. The fourth-order valence-corrected chi connectivity index (χ4v) is 1.61. The number of nitrogens with zero attached hydrogens (tertiary/aromatic N) is 1. The molecule has 1 aromatic rings. The van der Waals surface area contributed by atoms with Crippen LogP contribution in [0.1, 0.15) is 18.4 Å². The Morgan fingerprint density at radius 2 is 2.16 bits per heavy atom. The second kappa shape index (κ2) is 7.74. The molecule has 0 spiro atoms. The van der Waals surface area contributed by atoms with Crippen LogP contribution in [0.3, 0.4) is 0 Å². The molecule has 1 rings (SSSR count). The van der Waals surface area contributed by atoms with Gasteiger partial charge in [-0.2, -0.15) is 0 Å². The predicted molar refractivity (Wildman–Crippen MR) is 72.6 cm³/mol. The minimum atomic E-state index is -0.384. The van der Waals surface area contributed by atoms with E-state index in [1.54, 1.807) is 26.2 Å². The first kappa shape index (κ1) is 15.4. The maximum absolute atomic E-state index is 13.6. The zero-order valence-corrected chi connectivity index (χ0v) is 11.5. The number of nitrogens with two attached hydrogens (primary N) is 1. The Bertz CT molecular complexity index is 422. The minimum absolute atomic E-state index is 0.0439.